The maximum absolute atomic E-state index is 11.7. The zero-order valence-corrected chi connectivity index (χ0v) is 11.2. The quantitative estimate of drug-likeness (QED) is 0.652. The van der Waals surface area contributed by atoms with Crippen molar-refractivity contribution in [3.05, 3.63) is 40.9 Å². The van der Waals surface area contributed by atoms with Crippen molar-refractivity contribution in [2.24, 2.45) is 0 Å². The molecule has 1 unspecified atom stereocenters. The van der Waals surface area contributed by atoms with Crippen LogP contribution in [0.3, 0.4) is 0 Å². The van der Waals surface area contributed by atoms with E-state index in [1.807, 2.05) is 43.3 Å². The second-order valence-electron chi connectivity index (χ2n) is 3.43. The minimum absolute atomic E-state index is 0.00859. The molecule has 1 N–H and O–H groups in total. The number of ketones is 1. The van der Waals surface area contributed by atoms with E-state index in [0.717, 1.165) is 15.4 Å². The van der Waals surface area contributed by atoms with Crippen molar-refractivity contribution < 1.29 is 9.90 Å². The average Bonchev–Trinajstić information content (AvgIpc) is 2.29. The number of Topliss-reactive ketones (excluding diaryl/α,β-unsaturated/α-hetero) is 1. The third-order valence-corrected chi connectivity index (χ3v) is 4.28. The molecule has 0 bridgehead atoms. The molecule has 3 heteroatoms. The zero-order chi connectivity index (χ0) is 12.0. The van der Waals surface area contributed by atoms with E-state index in [-0.39, 0.29) is 20.7 Å². The summed E-state index contributed by atoms with van der Waals surface area (Å²) < 4.78 is 1.92. The summed E-state index contributed by atoms with van der Waals surface area (Å²) in [5.74, 6) is -0.147. The number of aliphatic hydroxyl groups excluding tert-OH is 1. The molecule has 0 spiro atoms. The zero-order valence-electron chi connectivity index (χ0n) is 9.51. The number of benzene rings is 1. The molecular weight excluding hydrogens is 267 g/mol. The van der Waals surface area contributed by atoms with Gasteiger partial charge in [0.25, 0.3) is 0 Å². The van der Waals surface area contributed by atoms with Crippen LogP contribution in [0.2, 0.25) is 0 Å². The summed E-state index contributed by atoms with van der Waals surface area (Å²) in [6.45, 7) is 3.52. The molecule has 0 aliphatic heterocycles. The van der Waals surface area contributed by atoms with Crippen LogP contribution in [0, 0.1) is 0 Å². The van der Waals surface area contributed by atoms with Gasteiger partial charge >= 0.3 is 102 Å². The molecule has 0 amide bonds. The van der Waals surface area contributed by atoms with Gasteiger partial charge in [0.15, 0.2) is 0 Å². The number of carbonyl (C=O) groups is 1. The van der Waals surface area contributed by atoms with Crippen LogP contribution in [0.5, 0.6) is 0 Å². The van der Waals surface area contributed by atoms with E-state index in [9.17, 15) is 9.90 Å². The molecule has 2 nitrogen and oxygen atoms in total. The van der Waals surface area contributed by atoms with Crippen LogP contribution in [0.25, 0.3) is 0 Å². The fraction of sp³-hybridized carbons (Fsp3) is 0.308. The Morgan fingerprint density at radius 1 is 1.44 bits per heavy atom. The molecule has 0 radical (unpaired) electrons. The number of carbonyl (C=O) groups excluding carboxylic acids is 1. The molecule has 1 rings (SSSR count). The first-order valence-electron chi connectivity index (χ1n) is 5.30. The van der Waals surface area contributed by atoms with Gasteiger partial charge in [0.2, 0.25) is 0 Å². The summed E-state index contributed by atoms with van der Waals surface area (Å²) in [6.07, 6.45) is 1.84. The van der Waals surface area contributed by atoms with Crippen molar-refractivity contribution in [2.45, 2.75) is 26.4 Å². The first-order valence-corrected chi connectivity index (χ1v) is 7.01. The van der Waals surface area contributed by atoms with Crippen LogP contribution in [-0.2, 0) is 4.79 Å². The van der Waals surface area contributed by atoms with E-state index < -0.39 is 6.10 Å². The molecule has 1 aromatic rings. The topological polar surface area (TPSA) is 37.3 Å². The standard InChI is InChI=1S/C13H16O2Se/c1-3-7-12(13(15)10(2)14)16-11-8-5-4-6-9-11/h4-10,14H,3H2,1-2H3/b12-7+. The Morgan fingerprint density at radius 3 is 2.56 bits per heavy atom. The Labute approximate surface area is 103 Å². The van der Waals surface area contributed by atoms with Crippen molar-refractivity contribution in [3.63, 3.8) is 0 Å². The summed E-state index contributed by atoms with van der Waals surface area (Å²) in [5, 5.41) is 9.32. The Bertz CT molecular complexity index is 369. The molecular formula is C13H16O2Se. The Balaban J connectivity index is 2.81. The number of hydrogen-bond acceptors (Lipinski definition) is 2. The normalized spacial score (nSPS) is 13.6. The molecule has 16 heavy (non-hydrogen) atoms. The third kappa shape index (κ3) is 3.93. The summed E-state index contributed by atoms with van der Waals surface area (Å²) in [5.41, 5.74) is 0. The molecule has 0 saturated heterocycles. The van der Waals surface area contributed by atoms with Crippen molar-refractivity contribution >= 4 is 25.2 Å². The van der Waals surface area contributed by atoms with E-state index in [1.165, 1.54) is 6.92 Å². The van der Waals surface area contributed by atoms with Gasteiger partial charge in [0, 0.05) is 0 Å². The number of allylic oxidation sites excluding steroid dienone is 1. The average molecular weight is 283 g/mol. The van der Waals surface area contributed by atoms with Gasteiger partial charge in [-0.15, -0.1) is 0 Å². The van der Waals surface area contributed by atoms with Gasteiger partial charge in [0.05, 0.1) is 0 Å². The van der Waals surface area contributed by atoms with Gasteiger partial charge in [-0.25, -0.2) is 0 Å². The second-order valence-corrected chi connectivity index (χ2v) is 5.77. The van der Waals surface area contributed by atoms with Crippen molar-refractivity contribution in [3.8, 4) is 0 Å². The van der Waals surface area contributed by atoms with E-state index in [1.54, 1.807) is 0 Å². The van der Waals surface area contributed by atoms with Crippen molar-refractivity contribution in [1.29, 1.82) is 0 Å². The molecule has 0 aromatic heterocycles. The van der Waals surface area contributed by atoms with Gasteiger partial charge in [-0.1, -0.05) is 0 Å². The van der Waals surface area contributed by atoms with Gasteiger partial charge in [0.1, 0.15) is 0 Å². The SMILES string of the molecule is CC/C=C(/[Se]c1ccccc1)C(=O)C(C)O. The molecule has 0 aliphatic rings. The van der Waals surface area contributed by atoms with E-state index in [0.29, 0.717) is 0 Å². The monoisotopic (exact) mass is 284 g/mol. The van der Waals surface area contributed by atoms with E-state index >= 15 is 0 Å². The molecule has 0 heterocycles. The van der Waals surface area contributed by atoms with Crippen LogP contribution in [0.15, 0.2) is 40.9 Å². The molecule has 0 saturated carbocycles. The van der Waals surface area contributed by atoms with Crippen LogP contribution >= 0.6 is 0 Å². The number of aliphatic hydroxyl groups is 1. The fourth-order valence-electron chi connectivity index (χ4n) is 1.20. The Morgan fingerprint density at radius 2 is 2.06 bits per heavy atom. The maximum atomic E-state index is 11.7. The Kier molecular flexibility index (Phi) is 5.47. The van der Waals surface area contributed by atoms with Crippen LogP contribution < -0.4 is 4.46 Å². The fourth-order valence-corrected chi connectivity index (χ4v) is 3.44. The summed E-state index contributed by atoms with van der Waals surface area (Å²) >= 11 is -0.00859. The van der Waals surface area contributed by atoms with E-state index in [4.69, 9.17) is 0 Å². The molecule has 0 aliphatic carbocycles. The molecule has 1 aromatic carbocycles. The van der Waals surface area contributed by atoms with Crippen LogP contribution in [0.1, 0.15) is 20.3 Å². The number of hydrogen-bond donors (Lipinski definition) is 1. The predicted molar refractivity (Wildman–Crippen MR) is 66.9 cm³/mol. The summed E-state index contributed by atoms with van der Waals surface area (Å²) in [7, 11) is 0. The molecule has 0 fully saturated rings. The predicted octanol–water partition coefficient (Wildman–Crippen LogP) is 1.26. The second kappa shape index (κ2) is 6.64. The summed E-state index contributed by atoms with van der Waals surface area (Å²) in [4.78, 5) is 11.7. The van der Waals surface area contributed by atoms with E-state index in [2.05, 4.69) is 0 Å². The van der Waals surface area contributed by atoms with Gasteiger partial charge in [-0.2, -0.15) is 0 Å². The van der Waals surface area contributed by atoms with Gasteiger partial charge in [-0.05, 0) is 0 Å². The minimum atomic E-state index is -0.900. The first-order chi connectivity index (χ1) is 7.65. The van der Waals surface area contributed by atoms with Crippen LogP contribution in [-0.4, -0.2) is 32.0 Å². The van der Waals surface area contributed by atoms with Crippen molar-refractivity contribution in [2.75, 3.05) is 0 Å². The molecule has 86 valence electrons. The van der Waals surface area contributed by atoms with Crippen LogP contribution in [0.4, 0.5) is 0 Å². The third-order valence-electron chi connectivity index (χ3n) is 1.98. The van der Waals surface area contributed by atoms with Gasteiger partial charge < -0.3 is 0 Å². The number of rotatable bonds is 5. The van der Waals surface area contributed by atoms with Crippen molar-refractivity contribution in [1.82, 2.24) is 0 Å². The summed E-state index contributed by atoms with van der Waals surface area (Å²) in [6, 6.07) is 9.91. The Hall–Kier alpha value is -0.891. The first kappa shape index (κ1) is 13.2. The van der Waals surface area contributed by atoms with Gasteiger partial charge in [-0.3, -0.25) is 0 Å². The molecule has 1 atom stereocenters.